The van der Waals surface area contributed by atoms with Crippen LogP contribution in [-0.4, -0.2) is 51.2 Å². The Morgan fingerprint density at radius 2 is 2.17 bits per heavy atom. The van der Waals surface area contributed by atoms with Gasteiger partial charge in [-0.1, -0.05) is 0 Å². The fourth-order valence-electron chi connectivity index (χ4n) is 1.99. The molecular formula is C10H22ClN3O3S. The number of amides is 1. The molecule has 2 atom stereocenters. The van der Waals surface area contributed by atoms with E-state index in [2.05, 4.69) is 4.72 Å². The predicted octanol–water partition coefficient (Wildman–Crippen LogP) is -0.457. The summed E-state index contributed by atoms with van der Waals surface area (Å²) in [7, 11) is -2.17. The molecule has 0 saturated carbocycles. The highest BCUT2D eigenvalue weighted by atomic mass is 35.5. The lowest BCUT2D eigenvalue weighted by Gasteiger charge is -2.34. The SMILES string of the molecule is CNS(=O)(=O)CC(=O)N1CCCC(C(C)N)C1.Cl. The number of carbonyl (C=O) groups is 1. The lowest BCUT2D eigenvalue weighted by Crippen LogP contribution is -2.47. The van der Waals surface area contributed by atoms with Gasteiger partial charge in [0.25, 0.3) is 0 Å². The number of nitrogens with two attached hydrogens (primary N) is 1. The first-order chi connectivity index (χ1) is 7.85. The van der Waals surface area contributed by atoms with Crippen molar-refractivity contribution in [1.29, 1.82) is 0 Å². The number of nitrogens with zero attached hydrogens (tertiary/aromatic N) is 1. The molecule has 2 unspecified atom stereocenters. The first-order valence-corrected chi connectivity index (χ1v) is 7.45. The van der Waals surface area contributed by atoms with Crippen LogP contribution in [0.1, 0.15) is 19.8 Å². The summed E-state index contributed by atoms with van der Waals surface area (Å²) >= 11 is 0. The lowest BCUT2D eigenvalue weighted by molar-refractivity contribution is -0.130. The van der Waals surface area contributed by atoms with Crippen LogP contribution in [0.5, 0.6) is 0 Å². The van der Waals surface area contributed by atoms with Crippen molar-refractivity contribution in [3.63, 3.8) is 0 Å². The minimum Gasteiger partial charge on any atom is -0.341 e. The van der Waals surface area contributed by atoms with Crippen LogP contribution in [0.2, 0.25) is 0 Å². The Morgan fingerprint density at radius 1 is 1.56 bits per heavy atom. The normalized spacial score (nSPS) is 22.2. The summed E-state index contributed by atoms with van der Waals surface area (Å²) in [5, 5.41) is 0. The smallest absolute Gasteiger partial charge is 0.239 e. The van der Waals surface area contributed by atoms with Crippen LogP contribution < -0.4 is 10.5 Å². The fourth-order valence-corrected chi connectivity index (χ4v) is 2.64. The van der Waals surface area contributed by atoms with Gasteiger partial charge in [-0.3, -0.25) is 4.79 Å². The third-order valence-corrected chi connectivity index (χ3v) is 4.43. The molecule has 1 aliphatic rings. The predicted molar refractivity (Wildman–Crippen MR) is 73.0 cm³/mol. The van der Waals surface area contributed by atoms with Crippen LogP contribution in [0, 0.1) is 5.92 Å². The van der Waals surface area contributed by atoms with Crippen molar-refractivity contribution < 1.29 is 13.2 Å². The third-order valence-electron chi connectivity index (χ3n) is 3.18. The van der Waals surface area contributed by atoms with Gasteiger partial charge in [-0.15, -0.1) is 12.4 Å². The lowest BCUT2D eigenvalue weighted by atomic mass is 9.92. The monoisotopic (exact) mass is 299 g/mol. The van der Waals surface area contributed by atoms with E-state index in [9.17, 15) is 13.2 Å². The third kappa shape index (κ3) is 5.09. The molecule has 0 bridgehead atoms. The highest BCUT2D eigenvalue weighted by molar-refractivity contribution is 7.90. The first-order valence-electron chi connectivity index (χ1n) is 5.80. The zero-order valence-corrected chi connectivity index (χ0v) is 12.4. The Morgan fingerprint density at radius 3 is 2.67 bits per heavy atom. The standard InChI is InChI=1S/C10H21N3O3S.ClH/c1-8(11)9-4-3-5-13(6-9)10(14)7-17(15,16)12-2;/h8-9,12H,3-7,11H2,1-2H3;1H. The van der Waals surface area contributed by atoms with Gasteiger partial charge in [-0.2, -0.15) is 0 Å². The molecule has 6 nitrogen and oxygen atoms in total. The molecule has 8 heteroatoms. The van der Waals surface area contributed by atoms with E-state index in [4.69, 9.17) is 5.73 Å². The zero-order valence-electron chi connectivity index (χ0n) is 10.8. The number of carbonyl (C=O) groups excluding carboxylic acids is 1. The molecular weight excluding hydrogens is 278 g/mol. The molecule has 1 saturated heterocycles. The van der Waals surface area contributed by atoms with Crippen LogP contribution in [0.25, 0.3) is 0 Å². The van der Waals surface area contributed by atoms with Crippen LogP contribution in [0.4, 0.5) is 0 Å². The molecule has 3 N–H and O–H groups in total. The van der Waals surface area contributed by atoms with Crippen LogP contribution in [0.3, 0.4) is 0 Å². The van der Waals surface area contributed by atoms with Gasteiger partial charge < -0.3 is 10.6 Å². The molecule has 0 aromatic rings. The van der Waals surface area contributed by atoms with Gasteiger partial charge in [-0.05, 0) is 32.7 Å². The molecule has 1 fully saturated rings. The maximum absolute atomic E-state index is 11.8. The number of rotatable bonds is 4. The largest absolute Gasteiger partial charge is 0.341 e. The maximum atomic E-state index is 11.8. The molecule has 1 aliphatic heterocycles. The van der Waals surface area contributed by atoms with Gasteiger partial charge in [0.15, 0.2) is 0 Å². The van der Waals surface area contributed by atoms with E-state index < -0.39 is 15.8 Å². The fraction of sp³-hybridized carbons (Fsp3) is 0.900. The van der Waals surface area contributed by atoms with E-state index in [0.29, 0.717) is 13.1 Å². The minimum absolute atomic E-state index is 0. The number of hydrogen-bond acceptors (Lipinski definition) is 4. The Labute approximate surface area is 115 Å². The Balaban J connectivity index is 0.00000289. The molecule has 0 aromatic carbocycles. The highest BCUT2D eigenvalue weighted by Gasteiger charge is 2.27. The summed E-state index contributed by atoms with van der Waals surface area (Å²) in [5.41, 5.74) is 5.81. The summed E-state index contributed by atoms with van der Waals surface area (Å²) in [6.07, 6.45) is 1.89. The van der Waals surface area contributed by atoms with Crippen molar-refractivity contribution >= 4 is 28.3 Å². The Hall–Kier alpha value is -0.370. The van der Waals surface area contributed by atoms with E-state index in [1.54, 1.807) is 4.90 Å². The molecule has 108 valence electrons. The first kappa shape index (κ1) is 17.6. The van der Waals surface area contributed by atoms with Crippen molar-refractivity contribution in [2.75, 3.05) is 25.9 Å². The topological polar surface area (TPSA) is 92.5 Å². The summed E-state index contributed by atoms with van der Waals surface area (Å²) in [6, 6.07) is 0.0338. The molecule has 0 spiro atoms. The summed E-state index contributed by atoms with van der Waals surface area (Å²) in [4.78, 5) is 13.4. The van der Waals surface area contributed by atoms with Gasteiger partial charge in [0.05, 0.1) is 0 Å². The van der Waals surface area contributed by atoms with Gasteiger partial charge in [-0.25, -0.2) is 13.1 Å². The van der Waals surface area contributed by atoms with Crippen LogP contribution >= 0.6 is 12.4 Å². The van der Waals surface area contributed by atoms with E-state index >= 15 is 0 Å². The second-order valence-corrected chi connectivity index (χ2v) is 6.49. The van der Waals surface area contributed by atoms with Gasteiger partial charge >= 0.3 is 0 Å². The molecule has 0 aliphatic carbocycles. The van der Waals surface area contributed by atoms with Crippen LogP contribution in [-0.2, 0) is 14.8 Å². The summed E-state index contributed by atoms with van der Waals surface area (Å²) in [5.74, 6) is -0.551. The van der Waals surface area contributed by atoms with Crippen molar-refractivity contribution in [1.82, 2.24) is 9.62 Å². The average Bonchev–Trinajstić information content (AvgIpc) is 2.28. The number of hydrogen-bond donors (Lipinski definition) is 2. The number of sulfonamides is 1. The molecule has 1 rings (SSSR count). The zero-order chi connectivity index (χ0) is 13.1. The highest BCUT2D eigenvalue weighted by Crippen LogP contribution is 2.18. The minimum atomic E-state index is -3.48. The second kappa shape index (κ2) is 7.28. The van der Waals surface area contributed by atoms with Crippen molar-refractivity contribution in [2.24, 2.45) is 11.7 Å². The van der Waals surface area contributed by atoms with E-state index in [1.165, 1.54) is 7.05 Å². The van der Waals surface area contributed by atoms with E-state index in [0.717, 1.165) is 12.8 Å². The average molecular weight is 300 g/mol. The molecule has 1 heterocycles. The van der Waals surface area contributed by atoms with Crippen molar-refractivity contribution in [3.05, 3.63) is 0 Å². The molecule has 18 heavy (non-hydrogen) atoms. The van der Waals surface area contributed by atoms with E-state index in [1.807, 2.05) is 6.92 Å². The van der Waals surface area contributed by atoms with Gasteiger partial charge in [0, 0.05) is 19.1 Å². The number of halogens is 1. The van der Waals surface area contributed by atoms with Gasteiger partial charge in [0.2, 0.25) is 15.9 Å². The van der Waals surface area contributed by atoms with E-state index in [-0.39, 0.29) is 30.3 Å². The quantitative estimate of drug-likeness (QED) is 0.735. The molecule has 0 radical (unpaired) electrons. The Bertz CT molecular complexity index is 373. The molecule has 1 amide bonds. The van der Waals surface area contributed by atoms with Crippen LogP contribution in [0.15, 0.2) is 0 Å². The Kier molecular flexibility index (Phi) is 7.13. The summed E-state index contributed by atoms with van der Waals surface area (Å²) in [6.45, 7) is 3.11. The second-order valence-electron chi connectivity index (χ2n) is 4.56. The maximum Gasteiger partial charge on any atom is 0.239 e. The summed E-state index contributed by atoms with van der Waals surface area (Å²) < 4.78 is 24.7. The number of piperidine rings is 1. The number of nitrogens with one attached hydrogen (secondary N) is 1. The number of likely N-dealkylation sites (tertiary alicyclic amines) is 1. The van der Waals surface area contributed by atoms with Crippen molar-refractivity contribution in [2.45, 2.75) is 25.8 Å². The van der Waals surface area contributed by atoms with Crippen molar-refractivity contribution in [3.8, 4) is 0 Å². The van der Waals surface area contributed by atoms with Gasteiger partial charge in [0.1, 0.15) is 5.75 Å². The molecule has 0 aromatic heterocycles.